The predicted molar refractivity (Wildman–Crippen MR) is 131 cm³/mol. The SMILES string of the molecule is CC(NC(=O)[C@H](CNC(=O)OC(C)(C)C)NC(=O)OCC1c2ccccc2-c2ccccc21)C(=O)O. The van der Waals surface area contributed by atoms with E-state index in [0.717, 1.165) is 22.3 Å². The highest BCUT2D eigenvalue weighted by Crippen LogP contribution is 2.44. The number of hydrogen-bond donors (Lipinski definition) is 4. The lowest BCUT2D eigenvalue weighted by molar-refractivity contribution is -0.141. The second-order valence-corrected chi connectivity index (χ2v) is 9.47. The fourth-order valence-corrected chi connectivity index (χ4v) is 3.87. The van der Waals surface area contributed by atoms with E-state index >= 15 is 0 Å². The minimum Gasteiger partial charge on any atom is -0.480 e. The number of hydrogen-bond acceptors (Lipinski definition) is 6. The molecule has 4 N–H and O–H groups in total. The molecule has 2 aromatic rings. The fraction of sp³-hybridized carbons (Fsp3) is 0.385. The number of aliphatic carboxylic acids is 1. The molecule has 1 aliphatic rings. The summed E-state index contributed by atoms with van der Waals surface area (Å²) in [5.74, 6) is -2.22. The zero-order valence-corrected chi connectivity index (χ0v) is 20.7. The molecule has 0 radical (unpaired) electrons. The standard InChI is InChI=1S/C26H31N3O7/c1-15(23(31)32)28-22(30)21(13-27-24(33)36-26(2,3)4)29-25(34)35-14-20-18-11-7-5-9-16(18)17-10-6-8-12-19(17)20/h5-12,15,20-21H,13-14H2,1-4H3,(H,27,33)(H,28,30)(H,29,34)(H,31,32)/t15?,21-/m0/s1. The van der Waals surface area contributed by atoms with Crippen molar-refractivity contribution < 1.29 is 33.8 Å². The molecule has 0 saturated carbocycles. The van der Waals surface area contributed by atoms with Gasteiger partial charge in [0.1, 0.15) is 24.3 Å². The summed E-state index contributed by atoms with van der Waals surface area (Å²) >= 11 is 0. The third-order valence-electron chi connectivity index (χ3n) is 5.53. The Morgan fingerprint density at radius 2 is 1.47 bits per heavy atom. The number of carbonyl (C=O) groups is 4. The molecule has 2 atom stereocenters. The molecule has 0 spiro atoms. The maximum absolute atomic E-state index is 12.7. The number of benzene rings is 2. The van der Waals surface area contributed by atoms with Crippen molar-refractivity contribution in [3.8, 4) is 11.1 Å². The second-order valence-electron chi connectivity index (χ2n) is 9.47. The molecule has 0 bridgehead atoms. The number of fused-ring (bicyclic) bond motifs is 3. The summed E-state index contributed by atoms with van der Waals surface area (Å²) in [5.41, 5.74) is 3.44. The van der Waals surface area contributed by atoms with Gasteiger partial charge in [0, 0.05) is 5.92 Å². The van der Waals surface area contributed by atoms with E-state index < -0.39 is 41.7 Å². The Morgan fingerprint density at radius 3 is 2.00 bits per heavy atom. The molecule has 192 valence electrons. The van der Waals surface area contributed by atoms with E-state index in [4.69, 9.17) is 14.6 Å². The van der Waals surface area contributed by atoms with Crippen LogP contribution in [0.15, 0.2) is 48.5 Å². The maximum Gasteiger partial charge on any atom is 0.407 e. The largest absolute Gasteiger partial charge is 0.480 e. The van der Waals surface area contributed by atoms with Crippen molar-refractivity contribution in [2.75, 3.05) is 13.2 Å². The van der Waals surface area contributed by atoms with Crippen LogP contribution < -0.4 is 16.0 Å². The molecule has 10 heteroatoms. The van der Waals surface area contributed by atoms with Gasteiger partial charge >= 0.3 is 18.2 Å². The van der Waals surface area contributed by atoms with Gasteiger partial charge in [-0.05, 0) is 49.9 Å². The van der Waals surface area contributed by atoms with E-state index in [-0.39, 0.29) is 19.1 Å². The third-order valence-corrected chi connectivity index (χ3v) is 5.53. The Kier molecular flexibility index (Phi) is 8.18. The molecular weight excluding hydrogens is 466 g/mol. The molecule has 0 saturated heterocycles. The molecular formula is C26H31N3O7. The first kappa shape index (κ1) is 26.5. The predicted octanol–water partition coefficient (Wildman–Crippen LogP) is 3.01. The summed E-state index contributed by atoms with van der Waals surface area (Å²) in [5, 5.41) is 16.2. The molecule has 2 aromatic carbocycles. The lowest BCUT2D eigenvalue weighted by atomic mass is 9.98. The van der Waals surface area contributed by atoms with Crippen LogP contribution >= 0.6 is 0 Å². The second kappa shape index (κ2) is 11.1. The van der Waals surface area contributed by atoms with Gasteiger partial charge in [-0.3, -0.25) is 9.59 Å². The number of ether oxygens (including phenoxy) is 2. The highest BCUT2D eigenvalue weighted by atomic mass is 16.6. The average molecular weight is 498 g/mol. The Bertz CT molecular complexity index is 1100. The summed E-state index contributed by atoms with van der Waals surface area (Å²) in [6, 6.07) is 13.2. The van der Waals surface area contributed by atoms with Gasteiger partial charge in [-0.1, -0.05) is 48.5 Å². The van der Waals surface area contributed by atoms with Gasteiger partial charge in [-0.25, -0.2) is 9.59 Å². The molecule has 0 fully saturated rings. The molecule has 3 rings (SSSR count). The summed E-state index contributed by atoms with van der Waals surface area (Å²) in [6.07, 6.45) is -1.67. The average Bonchev–Trinajstić information content (AvgIpc) is 3.12. The van der Waals surface area contributed by atoms with Crippen molar-refractivity contribution in [3.05, 3.63) is 59.7 Å². The fourth-order valence-electron chi connectivity index (χ4n) is 3.87. The highest BCUT2D eigenvalue weighted by Gasteiger charge is 2.30. The number of rotatable bonds is 8. The monoisotopic (exact) mass is 497 g/mol. The van der Waals surface area contributed by atoms with Crippen molar-refractivity contribution in [1.29, 1.82) is 0 Å². The Hall–Kier alpha value is -4.08. The molecule has 10 nitrogen and oxygen atoms in total. The van der Waals surface area contributed by atoms with Crippen LogP contribution in [0.4, 0.5) is 9.59 Å². The van der Waals surface area contributed by atoms with Crippen LogP contribution in [0.1, 0.15) is 44.7 Å². The first-order chi connectivity index (χ1) is 17.0. The van der Waals surface area contributed by atoms with Gasteiger partial charge in [-0.2, -0.15) is 0 Å². The van der Waals surface area contributed by atoms with Gasteiger partial charge < -0.3 is 30.5 Å². The Balaban J connectivity index is 1.66. The zero-order chi connectivity index (χ0) is 26.5. The minimum absolute atomic E-state index is 0.0270. The Morgan fingerprint density at radius 1 is 0.917 bits per heavy atom. The molecule has 36 heavy (non-hydrogen) atoms. The van der Waals surface area contributed by atoms with E-state index in [0.29, 0.717) is 0 Å². The summed E-state index contributed by atoms with van der Waals surface area (Å²) in [7, 11) is 0. The van der Waals surface area contributed by atoms with Crippen molar-refractivity contribution in [2.45, 2.75) is 51.3 Å². The third kappa shape index (κ3) is 6.74. The van der Waals surface area contributed by atoms with Gasteiger partial charge in [-0.15, -0.1) is 0 Å². The van der Waals surface area contributed by atoms with Gasteiger partial charge in [0.15, 0.2) is 0 Å². The van der Waals surface area contributed by atoms with E-state index in [9.17, 15) is 19.2 Å². The highest BCUT2D eigenvalue weighted by molar-refractivity contribution is 5.89. The number of carboxylic acids is 1. The number of carboxylic acid groups (broad SMARTS) is 1. The van der Waals surface area contributed by atoms with Crippen molar-refractivity contribution in [3.63, 3.8) is 0 Å². The molecule has 3 amide bonds. The first-order valence-corrected chi connectivity index (χ1v) is 11.6. The quantitative estimate of drug-likeness (QED) is 0.439. The topological polar surface area (TPSA) is 143 Å². The van der Waals surface area contributed by atoms with Crippen LogP contribution in [-0.2, 0) is 19.1 Å². The van der Waals surface area contributed by atoms with Crippen LogP contribution in [0.25, 0.3) is 11.1 Å². The van der Waals surface area contributed by atoms with Crippen LogP contribution in [0.3, 0.4) is 0 Å². The van der Waals surface area contributed by atoms with Crippen molar-refractivity contribution in [2.24, 2.45) is 0 Å². The van der Waals surface area contributed by atoms with Gasteiger partial charge in [0.2, 0.25) is 5.91 Å². The number of carbonyl (C=O) groups excluding carboxylic acids is 3. The van der Waals surface area contributed by atoms with E-state index in [1.807, 2.05) is 48.5 Å². The molecule has 0 aliphatic heterocycles. The summed E-state index contributed by atoms with van der Waals surface area (Å²) < 4.78 is 10.6. The van der Waals surface area contributed by atoms with Gasteiger partial charge in [0.05, 0.1) is 6.54 Å². The van der Waals surface area contributed by atoms with Crippen LogP contribution in [-0.4, -0.2) is 60.0 Å². The van der Waals surface area contributed by atoms with E-state index in [1.165, 1.54) is 6.92 Å². The number of alkyl carbamates (subject to hydrolysis) is 2. The molecule has 0 heterocycles. The first-order valence-electron chi connectivity index (χ1n) is 11.6. The zero-order valence-electron chi connectivity index (χ0n) is 20.7. The smallest absolute Gasteiger partial charge is 0.407 e. The normalized spacial score (nSPS) is 14.0. The molecule has 1 unspecified atom stereocenters. The summed E-state index contributed by atoms with van der Waals surface area (Å²) in [6.45, 7) is 6.02. The molecule has 1 aliphatic carbocycles. The van der Waals surface area contributed by atoms with Crippen molar-refractivity contribution in [1.82, 2.24) is 16.0 Å². The molecule has 0 aromatic heterocycles. The summed E-state index contributed by atoms with van der Waals surface area (Å²) in [4.78, 5) is 48.5. The maximum atomic E-state index is 12.7. The van der Waals surface area contributed by atoms with Crippen molar-refractivity contribution >= 4 is 24.1 Å². The van der Waals surface area contributed by atoms with Crippen LogP contribution in [0.2, 0.25) is 0 Å². The van der Waals surface area contributed by atoms with E-state index in [1.54, 1.807) is 20.8 Å². The lowest BCUT2D eigenvalue weighted by Crippen LogP contribution is -2.55. The number of amides is 3. The Labute approximate surface area is 209 Å². The lowest BCUT2D eigenvalue weighted by Gasteiger charge is -2.23. The van der Waals surface area contributed by atoms with Gasteiger partial charge in [0.25, 0.3) is 0 Å². The van der Waals surface area contributed by atoms with Crippen LogP contribution in [0.5, 0.6) is 0 Å². The minimum atomic E-state index is -1.30. The van der Waals surface area contributed by atoms with E-state index in [2.05, 4.69) is 16.0 Å². The van der Waals surface area contributed by atoms with Crippen LogP contribution in [0, 0.1) is 0 Å². The number of nitrogens with one attached hydrogen (secondary N) is 3.